The SMILES string of the molecule is COC(=O)[C@@H](Cn1ccc(NC(=O)c2c(Cl)cccc2Cl)nc1=O)NC(=O)N1CCCCC1. The first kappa shape index (κ1) is 24.5. The van der Waals surface area contributed by atoms with Gasteiger partial charge in [-0.2, -0.15) is 4.98 Å². The fourth-order valence-electron chi connectivity index (χ4n) is 3.39. The number of hydrogen-bond acceptors (Lipinski definition) is 6. The predicted octanol–water partition coefficient (Wildman–Crippen LogP) is 2.54. The van der Waals surface area contributed by atoms with Crippen LogP contribution in [0.3, 0.4) is 0 Å². The van der Waals surface area contributed by atoms with Crippen molar-refractivity contribution >= 4 is 46.9 Å². The van der Waals surface area contributed by atoms with Gasteiger partial charge in [0.25, 0.3) is 5.91 Å². The molecule has 0 bridgehead atoms. The van der Waals surface area contributed by atoms with E-state index in [9.17, 15) is 19.2 Å². The highest BCUT2D eigenvalue weighted by atomic mass is 35.5. The van der Waals surface area contributed by atoms with Crippen LogP contribution in [0.5, 0.6) is 0 Å². The zero-order valence-electron chi connectivity index (χ0n) is 17.8. The minimum atomic E-state index is -1.09. The summed E-state index contributed by atoms with van der Waals surface area (Å²) in [6, 6.07) is 4.52. The molecule has 1 fully saturated rings. The number of halogens is 2. The molecular formula is C21H23Cl2N5O5. The number of likely N-dealkylation sites (tertiary alicyclic amines) is 1. The third kappa shape index (κ3) is 6.23. The highest BCUT2D eigenvalue weighted by Crippen LogP contribution is 2.24. The molecule has 3 rings (SSSR count). The molecule has 12 heteroatoms. The van der Waals surface area contributed by atoms with E-state index in [-0.39, 0.29) is 28.0 Å². The zero-order valence-corrected chi connectivity index (χ0v) is 19.4. The lowest BCUT2D eigenvalue weighted by molar-refractivity contribution is -0.143. The summed E-state index contributed by atoms with van der Waals surface area (Å²) in [6.07, 6.45) is 4.19. The van der Waals surface area contributed by atoms with Gasteiger partial charge >= 0.3 is 17.7 Å². The van der Waals surface area contributed by atoms with E-state index in [4.69, 9.17) is 27.9 Å². The molecule has 2 N–H and O–H groups in total. The normalized spacial score (nSPS) is 14.3. The number of hydrogen-bond donors (Lipinski definition) is 2. The van der Waals surface area contributed by atoms with Crippen molar-refractivity contribution in [3.63, 3.8) is 0 Å². The van der Waals surface area contributed by atoms with E-state index in [0.717, 1.165) is 23.8 Å². The minimum Gasteiger partial charge on any atom is -0.467 e. The van der Waals surface area contributed by atoms with Crippen LogP contribution < -0.4 is 16.3 Å². The molecule has 0 aliphatic carbocycles. The van der Waals surface area contributed by atoms with E-state index in [1.807, 2.05) is 0 Å². The van der Waals surface area contributed by atoms with Crippen LogP contribution in [0.4, 0.5) is 10.6 Å². The first-order valence-electron chi connectivity index (χ1n) is 10.3. The number of nitrogens with one attached hydrogen (secondary N) is 2. The Morgan fingerprint density at radius 1 is 1.12 bits per heavy atom. The molecule has 1 aliphatic heterocycles. The Balaban J connectivity index is 1.71. The number of benzene rings is 1. The summed E-state index contributed by atoms with van der Waals surface area (Å²) < 4.78 is 5.91. The van der Waals surface area contributed by atoms with Gasteiger partial charge in [-0.1, -0.05) is 29.3 Å². The van der Waals surface area contributed by atoms with Gasteiger partial charge in [0.05, 0.1) is 29.3 Å². The molecule has 1 aliphatic rings. The highest BCUT2D eigenvalue weighted by molar-refractivity contribution is 6.40. The summed E-state index contributed by atoms with van der Waals surface area (Å²) in [6.45, 7) is 1.01. The maximum atomic E-state index is 12.5. The van der Waals surface area contributed by atoms with Crippen molar-refractivity contribution in [2.24, 2.45) is 0 Å². The molecular weight excluding hydrogens is 473 g/mol. The Morgan fingerprint density at radius 3 is 2.39 bits per heavy atom. The lowest BCUT2D eigenvalue weighted by atomic mass is 10.1. The van der Waals surface area contributed by atoms with Crippen molar-refractivity contribution in [3.8, 4) is 0 Å². The lowest BCUT2D eigenvalue weighted by Gasteiger charge is -2.28. The first-order chi connectivity index (χ1) is 15.8. The molecule has 1 saturated heterocycles. The Labute approximate surface area is 199 Å². The molecule has 176 valence electrons. The molecule has 2 aromatic rings. The molecule has 1 aromatic heterocycles. The zero-order chi connectivity index (χ0) is 24.0. The topological polar surface area (TPSA) is 123 Å². The summed E-state index contributed by atoms with van der Waals surface area (Å²) in [4.78, 5) is 55.1. The third-order valence-electron chi connectivity index (χ3n) is 5.11. The van der Waals surface area contributed by atoms with Gasteiger partial charge in [0.1, 0.15) is 11.9 Å². The maximum Gasteiger partial charge on any atom is 0.349 e. The molecule has 1 atom stereocenters. The Bertz CT molecular complexity index is 1080. The first-order valence-corrected chi connectivity index (χ1v) is 11.0. The highest BCUT2D eigenvalue weighted by Gasteiger charge is 2.26. The minimum absolute atomic E-state index is 0.0239. The number of esters is 1. The number of piperidine rings is 1. The second-order valence-electron chi connectivity index (χ2n) is 7.37. The number of ether oxygens (including phenoxy) is 1. The Morgan fingerprint density at radius 2 is 1.79 bits per heavy atom. The molecule has 0 spiro atoms. The molecule has 0 saturated carbocycles. The number of aromatic nitrogens is 2. The van der Waals surface area contributed by atoms with Gasteiger partial charge < -0.3 is 20.3 Å². The Hall–Kier alpha value is -3.11. The van der Waals surface area contributed by atoms with Gasteiger partial charge in [0, 0.05) is 19.3 Å². The number of carbonyl (C=O) groups is 3. The van der Waals surface area contributed by atoms with Crippen LogP contribution in [0.25, 0.3) is 0 Å². The fraction of sp³-hybridized carbons (Fsp3) is 0.381. The van der Waals surface area contributed by atoms with Crippen molar-refractivity contribution in [3.05, 3.63) is 56.6 Å². The number of rotatable bonds is 6. The van der Waals surface area contributed by atoms with Gasteiger partial charge in [-0.3, -0.25) is 9.36 Å². The fourth-order valence-corrected chi connectivity index (χ4v) is 3.96. The van der Waals surface area contributed by atoms with Crippen molar-refractivity contribution in [1.29, 1.82) is 0 Å². The van der Waals surface area contributed by atoms with Gasteiger partial charge in [-0.15, -0.1) is 0 Å². The second-order valence-corrected chi connectivity index (χ2v) is 8.19. The summed E-state index contributed by atoms with van der Waals surface area (Å²) in [5.74, 6) is -1.35. The van der Waals surface area contributed by atoms with Gasteiger partial charge in [-0.05, 0) is 37.5 Å². The van der Waals surface area contributed by atoms with Crippen molar-refractivity contribution in [2.45, 2.75) is 31.8 Å². The number of urea groups is 1. The third-order valence-corrected chi connectivity index (χ3v) is 5.74. The van der Waals surface area contributed by atoms with Crippen LogP contribution in [0, 0.1) is 0 Å². The van der Waals surface area contributed by atoms with Crippen LogP contribution >= 0.6 is 23.2 Å². The monoisotopic (exact) mass is 495 g/mol. The molecule has 10 nitrogen and oxygen atoms in total. The van der Waals surface area contributed by atoms with Gasteiger partial charge in [0.2, 0.25) is 0 Å². The standard InChI is InChI=1S/C21H23Cl2N5O5/c1-33-19(30)15(24-20(31)27-9-3-2-4-10-27)12-28-11-8-16(26-21(28)32)25-18(29)17-13(22)6-5-7-14(17)23/h5-8,11,15H,2-4,9-10,12H2,1H3,(H,24,31)(H,25,26,29,32)/t15-/m1/s1. The number of methoxy groups -OCH3 is 1. The van der Waals surface area contributed by atoms with Crippen LogP contribution in [-0.4, -0.2) is 58.6 Å². The number of anilines is 1. The van der Waals surface area contributed by atoms with Crippen molar-refractivity contribution in [2.75, 3.05) is 25.5 Å². The molecule has 3 amide bonds. The lowest BCUT2D eigenvalue weighted by Crippen LogP contribution is -2.52. The summed E-state index contributed by atoms with van der Waals surface area (Å²) >= 11 is 12.1. The summed E-state index contributed by atoms with van der Waals surface area (Å²) in [5, 5.41) is 5.39. The van der Waals surface area contributed by atoms with Crippen LogP contribution in [-0.2, 0) is 16.1 Å². The number of carbonyl (C=O) groups excluding carboxylic acids is 3. The van der Waals surface area contributed by atoms with E-state index in [0.29, 0.717) is 13.1 Å². The average Bonchev–Trinajstić information content (AvgIpc) is 2.80. The van der Waals surface area contributed by atoms with Crippen LogP contribution in [0.15, 0.2) is 35.3 Å². The average molecular weight is 496 g/mol. The predicted molar refractivity (Wildman–Crippen MR) is 123 cm³/mol. The molecule has 33 heavy (non-hydrogen) atoms. The second kappa shape index (κ2) is 11.2. The maximum absolute atomic E-state index is 12.5. The van der Waals surface area contributed by atoms with Crippen LogP contribution in [0.1, 0.15) is 29.6 Å². The van der Waals surface area contributed by atoms with E-state index < -0.39 is 29.6 Å². The summed E-state index contributed by atoms with van der Waals surface area (Å²) in [7, 11) is 1.20. The molecule has 0 unspecified atom stereocenters. The summed E-state index contributed by atoms with van der Waals surface area (Å²) in [5.41, 5.74) is -0.683. The number of nitrogens with zero attached hydrogens (tertiary/aromatic N) is 3. The van der Waals surface area contributed by atoms with E-state index in [1.54, 1.807) is 11.0 Å². The Kier molecular flexibility index (Phi) is 8.29. The molecule has 1 aromatic carbocycles. The molecule has 2 heterocycles. The number of amides is 3. The van der Waals surface area contributed by atoms with Crippen molar-refractivity contribution < 1.29 is 19.1 Å². The largest absolute Gasteiger partial charge is 0.467 e. The van der Waals surface area contributed by atoms with E-state index in [2.05, 4.69) is 15.6 Å². The quantitative estimate of drug-likeness (QED) is 0.593. The van der Waals surface area contributed by atoms with Gasteiger partial charge in [0.15, 0.2) is 0 Å². The smallest absolute Gasteiger partial charge is 0.349 e. The van der Waals surface area contributed by atoms with Gasteiger partial charge in [-0.25, -0.2) is 14.4 Å². The van der Waals surface area contributed by atoms with Crippen molar-refractivity contribution in [1.82, 2.24) is 19.8 Å². The van der Waals surface area contributed by atoms with E-state index in [1.165, 1.54) is 31.5 Å². The van der Waals surface area contributed by atoms with Crippen LogP contribution in [0.2, 0.25) is 10.0 Å². The molecule has 0 radical (unpaired) electrons. The van der Waals surface area contributed by atoms with E-state index >= 15 is 0 Å².